The Morgan fingerprint density at radius 3 is 2.64 bits per heavy atom. The van der Waals surface area contributed by atoms with Gasteiger partial charge in [0.2, 0.25) is 0 Å². The van der Waals surface area contributed by atoms with Gasteiger partial charge in [0.25, 0.3) is 5.91 Å². The van der Waals surface area contributed by atoms with E-state index in [0.717, 1.165) is 0 Å². The lowest BCUT2D eigenvalue weighted by atomic mass is 10.1. The second kappa shape index (κ2) is 7.44. The van der Waals surface area contributed by atoms with Gasteiger partial charge in [-0.15, -0.1) is 0 Å². The van der Waals surface area contributed by atoms with E-state index >= 15 is 0 Å². The number of ketones is 1. The number of ether oxygens (including phenoxy) is 3. The van der Waals surface area contributed by atoms with E-state index in [9.17, 15) is 9.59 Å². The molecule has 6 nitrogen and oxygen atoms in total. The van der Waals surface area contributed by atoms with Crippen molar-refractivity contribution >= 4 is 29.0 Å². The van der Waals surface area contributed by atoms with Crippen LogP contribution < -0.4 is 19.5 Å². The Hall–Kier alpha value is -2.73. The SMILES string of the molecule is CC(=O)c1cc(Cl)ccc1OCC(=O)Nc1ccc2c(c1)OCCO2. The van der Waals surface area contributed by atoms with Gasteiger partial charge in [0, 0.05) is 16.8 Å². The van der Waals surface area contributed by atoms with E-state index in [1.807, 2.05) is 0 Å². The number of halogens is 1. The third-order valence-corrected chi connectivity index (χ3v) is 3.74. The normalized spacial score (nSPS) is 12.4. The summed E-state index contributed by atoms with van der Waals surface area (Å²) in [6.07, 6.45) is 0. The van der Waals surface area contributed by atoms with Gasteiger partial charge in [0.05, 0.1) is 5.56 Å². The lowest BCUT2D eigenvalue weighted by molar-refractivity contribution is -0.118. The molecule has 0 saturated heterocycles. The molecule has 1 heterocycles. The predicted octanol–water partition coefficient (Wildman–Crippen LogP) is 3.33. The van der Waals surface area contributed by atoms with E-state index in [0.29, 0.717) is 46.7 Å². The molecular formula is C18H16ClNO5. The fraction of sp³-hybridized carbons (Fsp3) is 0.222. The molecule has 2 aromatic rings. The minimum absolute atomic E-state index is 0.190. The van der Waals surface area contributed by atoms with Crippen LogP contribution in [-0.2, 0) is 4.79 Å². The van der Waals surface area contributed by atoms with Gasteiger partial charge in [0.1, 0.15) is 19.0 Å². The molecule has 0 atom stereocenters. The zero-order valence-corrected chi connectivity index (χ0v) is 14.3. The molecule has 130 valence electrons. The van der Waals surface area contributed by atoms with E-state index in [2.05, 4.69) is 5.32 Å². The van der Waals surface area contributed by atoms with Crippen LogP contribution in [0.15, 0.2) is 36.4 Å². The average molecular weight is 362 g/mol. The van der Waals surface area contributed by atoms with Gasteiger partial charge in [-0.3, -0.25) is 9.59 Å². The molecule has 0 aliphatic carbocycles. The van der Waals surface area contributed by atoms with E-state index in [1.54, 1.807) is 30.3 Å². The lowest BCUT2D eigenvalue weighted by Crippen LogP contribution is -2.21. The largest absolute Gasteiger partial charge is 0.486 e. The molecule has 0 spiro atoms. The zero-order valence-electron chi connectivity index (χ0n) is 13.5. The van der Waals surface area contributed by atoms with Gasteiger partial charge in [-0.2, -0.15) is 0 Å². The molecule has 1 aliphatic heterocycles. The van der Waals surface area contributed by atoms with Crippen LogP contribution in [0.4, 0.5) is 5.69 Å². The highest BCUT2D eigenvalue weighted by atomic mass is 35.5. The van der Waals surface area contributed by atoms with Crippen LogP contribution in [0, 0.1) is 0 Å². The molecule has 1 N–H and O–H groups in total. The minimum atomic E-state index is -0.360. The summed E-state index contributed by atoms with van der Waals surface area (Å²) in [7, 11) is 0. The quantitative estimate of drug-likeness (QED) is 0.827. The van der Waals surface area contributed by atoms with Crippen molar-refractivity contribution in [3.8, 4) is 17.2 Å². The molecule has 7 heteroatoms. The number of anilines is 1. The van der Waals surface area contributed by atoms with Gasteiger partial charge in [0.15, 0.2) is 23.9 Å². The van der Waals surface area contributed by atoms with Gasteiger partial charge < -0.3 is 19.5 Å². The molecule has 25 heavy (non-hydrogen) atoms. The number of benzene rings is 2. The molecule has 1 amide bonds. The first kappa shape index (κ1) is 17.1. The lowest BCUT2D eigenvalue weighted by Gasteiger charge is -2.19. The molecule has 0 fully saturated rings. The van der Waals surface area contributed by atoms with Crippen molar-refractivity contribution in [3.63, 3.8) is 0 Å². The van der Waals surface area contributed by atoms with Crippen LogP contribution in [-0.4, -0.2) is 31.5 Å². The van der Waals surface area contributed by atoms with Crippen LogP contribution in [0.25, 0.3) is 0 Å². The van der Waals surface area contributed by atoms with Crippen molar-refractivity contribution in [2.75, 3.05) is 25.1 Å². The maximum Gasteiger partial charge on any atom is 0.262 e. The number of Topliss-reactive ketones (excluding diaryl/α,β-unsaturated/α-hetero) is 1. The summed E-state index contributed by atoms with van der Waals surface area (Å²) in [6, 6.07) is 9.82. The Bertz CT molecular complexity index is 821. The third kappa shape index (κ3) is 4.22. The highest BCUT2D eigenvalue weighted by Gasteiger charge is 2.14. The topological polar surface area (TPSA) is 73.9 Å². The Labute approximate surface area is 149 Å². The maximum absolute atomic E-state index is 12.1. The van der Waals surface area contributed by atoms with Crippen LogP contribution in [0.1, 0.15) is 17.3 Å². The fourth-order valence-corrected chi connectivity index (χ4v) is 2.54. The van der Waals surface area contributed by atoms with Crippen molar-refractivity contribution < 1.29 is 23.8 Å². The molecule has 0 saturated carbocycles. The molecule has 0 unspecified atom stereocenters. The summed E-state index contributed by atoms with van der Waals surface area (Å²) in [5, 5.41) is 3.14. The summed E-state index contributed by atoms with van der Waals surface area (Å²) in [6.45, 7) is 2.15. The van der Waals surface area contributed by atoms with Crippen LogP contribution >= 0.6 is 11.6 Å². The minimum Gasteiger partial charge on any atom is -0.486 e. The number of carbonyl (C=O) groups is 2. The molecule has 3 rings (SSSR count). The van der Waals surface area contributed by atoms with Crippen LogP contribution in [0.5, 0.6) is 17.2 Å². The standard InChI is InChI=1S/C18H16ClNO5/c1-11(21)14-8-12(19)2-4-15(14)25-10-18(22)20-13-3-5-16-17(9-13)24-7-6-23-16/h2-5,8-9H,6-7,10H2,1H3,(H,20,22). The third-order valence-electron chi connectivity index (χ3n) is 3.51. The number of fused-ring (bicyclic) bond motifs is 1. The Kier molecular flexibility index (Phi) is 5.09. The van der Waals surface area contributed by atoms with E-state index in [1.165, 1.54) is 13.0 Å². The van der Waals surface area contributed by atoms with Gasteiger partial charge in [-0.25, -0.2) is 0 Å². The van der Waals surface area contributed by atoms with Crippen molar-refractivity contribution in [2.45, 2.75) is 6.92 Å². The number of nitrogens with one attached hydrogen (secondary N) is 1. The molecule has 0 aromatic heterocycles. The van der Waals surface area contributed by atoms with Crippen molar-refractivity contribution in [2.24, 2.45) is 0 Å². The van der Waals surface area contributed by atoms with Gasteiger partial charge in [-0.05, 0) is 37.3 Å². The monoisotopic (exact) mass is 361 g/mol. The average Bonchev–Trinajstić information content (AvgIpc) is 2.60. The van der Waals surface area contributed by atoms with E-state index < -0.39 is 0 Å². The number of hydrogen-bond donors (Lipinski definition) is 1. The number of rotatable bonds is 5. The van der Waals surface area contributed by atoms with Gasteiger partial charge in [-0.1, -0.05) is 11.6 Å². The first-order chi connectivity index (χ1) is 12.0. The van der Waals surface area contributed by atoms with Crippen LogP contribution in [0.3, 0.4) is 0 Å². The fourth-order valence-electron chi connectivity index (χ4n) is 2.36. The summed E-state index contributed by atoms with van der Waals surface area (Å²) >= 11 is 5.88. The van der Waals surface area contributed by atoms with E-state index in [-0.39, 0.29) is 18.3 Å². The van der Waals surface area contributed by atoms with Crippen LogP contribution in [0.2, 0.25) is 5.02 Å². The molecule has 2 aromatic carbocycles. The second-order valence-electron chi connectivity index (χ2n) is 5.39. The zero-order chi connectivity index (χ0) is 17.8. The highest BCUT2D eigenvalue weighted by Crippen LogP contribution is 2.32. The summed E-state index contributed by atoms with van der Waals surface area (Å²) in [5.41, 5.74) is 0.903. The smallest absolute Gasteiger partial charge is 0.262 e. The Morgan fingerprint density at radius 1 is 1.12 bits per heavy atom. The second-order valence-corrected chi connectivity index (χ2v) is 5.83. The van der Waals surface area contributed by atoms with Crippen molar-refractivity contribution in [3.05, 3.63) is 47.0 Å². The Balaban J connectivity index is 1.63. The van der Waals surface area contributed by atoms with Gasteiger partial charge >= 0.3 is 0 Å². The van der Waals surface area contributed by atoms with Crippen molar-refractivity contribution in [1.29, 1.82) is 0 Å². The Morgan fingerprint density at radius 2 is 1.88 bits per heavy atom. The number of carbonyl (C=O) groups excluding carboxylic acids is 2. The molecule has 0 bridgehead atoms. The number of amides is 1. The van der Waals surface area contributed by atoms with E-state index in [4.69, 9.17) is 25.8 Å². The summed E-state index contributed by atoms with van der Waals surface area (Å²) < 4.78 is 16.4. The molecule has 0 radical (unpaired) electrons. The van der Waals surface area contributed by atoms with Crippen molar-refractivity contribution in [1.82, 2.24) is 0 Å². The predicted molar refractivity (Wildman–Crippen MR) is 93.0 cm³/mol. The number of hydrogen-bond acceptors (Lipinski definition) is 5. The molecule has 1 aliphatic rings. The molecular weight excluding hydrogens is 346 g/mol. The first-order valence-electron chi connectivity index (χ1n) is 7.66. The summed E-state index contributed by atoms with van der Waals surface area (Å²) in [4.78, 5) is 23.7. The summed E-state index contributed by atoms with van der Waals surface area (Å²) in [5.74, 6) is 0.995. The highest BCUT2D eigenvalue weighted by molar-refractivity contribution is 6.31. The maximum atomic E-state index is 12.1. The first-order valence-corrected chi connectivity index (χ1v) is 8.03.